The van der Waals surface area contributed by atoms with Crippen LogP contribution in [0.4, 0.5) is 0 Å². The second-order valence-corrected chi connectivity index (χ2v) is 5.84. The van der Waals surface area contributed by atoms with Crippen molar-refractivity contribution in [2.45, 2.75) is 13.3 Å². The van der Waals surface area contributed by atoms with Crippen LogP contribution >= 0.6 is 0 Å². The van der Waals surface area contributed by atoms with Crippen LogP contribution in [0, 0.1) is 11.8 Å². The van der Waals surface area contributed by atoms with Crippen LogP contribution in [-0.2, 0) is 10.2 Å². The third-order valence-electron chi connectivity index (χ3n) is 2.64. The van der Waals surface area contributed by atoms with E-state index < -0.39 is 10.2 Å². The van der Waals surface area contributed by atoms with Crippen LogP contribution in [0.3, 0.4) is 0 Å². The van der Waals surface area contributed by atoms with E-state index in [4.69, 9.17) is 5.73 Å². The molecule has 2 unspecified atom stereocenters. The van der Waals surface area contributed by atoms with Gasteiger partial charge >= 0.3 is 0 Å². The van der Waals surface area contributed by atoms with Crippen LogP contribution in [0.2, 0.25) is 0 Å². The third kappa shape index (κ3) is 2.66. The average Bonchev–Trinajstić information content (AvgIpc) is 2.16. The van der Waals surface area contributed by atoms with E-state index in [2.05, 4.69) is 11.6 Å². The maximum Gasteiger partial charge on any atom is 0.279 e. The van der Waals surface area contributed by atoms with Crippen LogP contribution in [-0.4, -0.2) is 39.4 Å². The van der Waals surface area contributed by atoms with E-state index in [-0.39, 0.29) is 0 Å². The van der Waals surface area contributed by atoms with Crippen LogP contribution < -0.4 is 10.5 Å². The van der Waals surface area contributed by atoms with Crippen molar-refractivity contribution in [3.8, 4) is 0 Å². The number of piperidine rings is 1. The zero-order valence-electron chi connectivity index (χ0n) is 8.73. The quantitative estimate of drug-likeness (QED) is 0.666. The smallest absolute Gasteiger partial charge is 0.279 e. The molecule has 0 radical (unpaired) electrons. The molecule has 1 aliphatic heterocycles. The summed E-state index contributed by atoms with van der Waals surface area (Å²) in [6, 6.07) is 0. The summed E-state index contributed by atoms with van der Waals surface area (Å²) in [5, 5.41) is 0. The molecule has 0 amide bonds. The van der Waals surface area contributed by atoms with E-state index in [1.165, 1.54) is 11.4 Å². The summed E-state index contributed by atoms with van der Waals surface area (Å²) in [5.74, 6) is 0.683. The Morgan fingerprint density at radius 2 is 2.14 bits per heavy atom. The van der Waals surface area contributed by atoms with Gasteiger partial charge in [0.1, 0.15) is 0 Å². The first-order chi connectivity index (χ1) is 6.49. The maximum absolute atomic E-state index is 11.5. The highest BCUT2D eigenvalue weighted by Gasteiger charge is 2.30. The van der Waals surface area contributed by atoms with Gasteiger partial charge in [0.05, 0.1) is 0 Å². The molecule has 0 aromatic heterocycles. The molecular formula is C8H19N3O2S. The monoisotopic (exact) mass is 221 g/mol. The lowest BCUT2D eigenvalue weighted by Gasteiger charge is -2.34. The molecule has 14 heavy (non-hydrogen) atoms. The minimum absolute atomic E-state index is 0.293. The van der Waals surface area contributed by atoms with Crippen molar-refractivity contribution in [2.75, 3.05) is 26.7 Å². The largest absolute Gasteiger partial charge is 0.330 e. The fourth-order valence-corrected chi connectivity index (χ4v) is 3.04. The number of nitrogens with one attached hydrogen (secondary N) is 1. The maximum atomic E-state index is 11.5. The summed E-state index contributed by atoms with van der Waals surface area (Å²) in [5.41, 5.74) is 5.57. The van der Waals surface area contributed by atoms with Crippen LogP contribution in [0.1, 0.15) is 13.3 Å². The number of hydrogen-bond donors (Lipinski definition) is 2. The Morgan fingerprint density at radius 1 is 1.50 bits per heavy atom. The first-order valence-corrected chi connectivity index (χ1v) is 6.32. The Bertz CT molecular complexity index is 278. The van der Waals surface area contributed by atoms with Gasteiger partial charge in [0.15, 0.2) is 0 Å². The first kappa shape index (κ1) is 11.9. The molecule has 1 heterocycles. The van der Waals surface area contributed by atoms with Crippen molar-refractivity contribution < 1.29 is 8.42 Å². The Labute approximate surface area is 85.8 Å². The number of hydrogen-bond acceptors (Lipinski definition) is 3. The lowest BCUT2D eigenvalue weighted by molar-refractivity contribution is 0.213. The van der Waals surface area contributed by atoms with Gasteiger partial charge in [-0.05, 0) is 24.8 Å². The highest BCUT2D eigenvalue weighted by Crippen LogP contribution is 2.22. The van der Waals surface area contributed by atoms with E-state index in [0.29, 0.717) is 31.5 Å². The van der Waals surface area contributed by atoms with Gasteiger partial charge in [-0.25, -0.2) is 4.72 Å². The van der Waals surface area contributed by atoms with Crippen molar-refractivity contribution in [1.29, 1.82) is 0 Å². The standard InChI is InChI=1S/C8H19N3O2S/c1-7-3-8(4-9)6-11(5-7)14(12,13)10-2/h7-8,10H,3-6,9H2,1-2H3. The van der Waals surface area contributed by atoms with Crippen LogP contribution in [0.5, 0.6) is 0 Å². The zero-order valence-corrected chi connectivity index (χ0v) is 9.55. The Balaban J connectivity index is 2.71. The Morgan fingerprint density at radius 3 is 2.64 bits per heavy atom. The third-order valence-corrected chi connectivity index (χ3v) is 4.14. The Hall–Kier alpha value is -0.170. The molecule has 1 fully saturated rings. The molecule has 0 spiro atoms. The highest BCUT2D eigenvalue weighted by atomic mass is 32.2. The van der Waals surface area contributed by atoms with Gasteiger partial charge < -0.3 is 5.73 Å². The second-order valence-electron chi connectivity index (χ2n) is 3.97. The summed E-state index contributed by atoms with van der Waals surface area (Å²) < 4.78 is 26.9. The van der Waals surface area contributed by atoms with Gasteiger partial charge in [-0.3, -0.25) is 0 Å². The molecule has 5 nitrogen and oxygen atoms in total. The van der Waals surface area contributed by atoms with E-state index in [1.54, 1.807) is 0 Å². The number of rotatable bonds is 3. The topological polar surface area (TPSA) is 75.4 Å². The minimum Gasteiger partial charge on any atom is -0.330 e. The van der Waals surface area contributed by atoms with E-state index in [0.717, 1.165) is 6.42 Å². The number of nitrogens with two attached hydrogens (primary N) is 1. The van der Waals surface area contributed by atoms with Gasteiger partial charge in [-0.2, -0.15) is 12.7 Å². The van der Waals surface area contributed by atoms with Gasteiger partial charge in [0.2, 0.25) is 0 Å². The fourth-order valence-electron chi connectivity index (χ4n) is 1.92. The van der Waals surface area contributed by atoms with Crippen molar-refractivity contribution in [1.82, 2.24) is 9.03 Å². The van der Waals surface area contributed by atoms with Gasteiger partial charge in [0.25, 0.3) is 10.2 Å². The number of nitrogens with zero attached hydrogens (tertiary/aromatic N) is 1. The molecule has 84 valence electrons. The normalized spacial score (nSPS) is 30.5. The molecule has 0 aromatic rings. The summed E-state index contributed by atoms with van der Waals surface area (Å²) in [6.45, 7) is 3.75. The first-order valence-electron chi connectivity index (χ1n) is 4.88. The highest BCUT2D eigenvalue weighted by molar-refractivity contribution is 7.87. The van der Waals surface area contributed by atoms with Crippen molar-refractivity contribution >= 4 is 10.2 Å². The summed E-state index contributed by atoms with van der Waals surface area (Å²) >= 11 is 0. The summed E-state index contributed by atoms with van der Waals surface area (Å²) in [7, 11) is -1.83. The lowest BCUT2D eigenvalue weighted by Crippen LogP contribution is -2.48. The molecule has 0 bridgehead atoms. The summed E-state index contributed by atoms with van der Waals surface area (Å²) in [4.78, 5) is 0. The zero-order chi connectivity index (χ0) is 10.8. The molecular weight excluding hydrogens is 202 g/mol. The average molecular weight is 221 g/mol. The molecule has 1 rings (SSSR count). The molecule has 1 saturated heterocycles. The van der Waals surface area contributed by atoms with Gasteiger partial charge in [-0.1, -0.05) is 6.92 Å². The molecule has 0 aromatic carbocycles. The predicted molar refractivity (Wildman–Crippen MR) is 55.9 cm³/mol. The molecule has 1 aliphatic rings. The van der Waals surface area contributed by atoms with Crippen molar-refractivity contribution in [2.24, 2.45) is 17.6 Å². The van der Waals surface area contributed by atoms with Crippen LogP contribution in [0.25, 0.3) is 0 Å². The second kappa shape index (κ2) is 4.57. The fraction of sp³-hybridized carbons (Fsp3) is 1.00. The van der Waals surface area contributed by atoms with E-state index in [9.17, 15) is 8.42 Å². The van der Waals surface area contributed by atoms with E-state index in [1.807, 2.05) is 0 Å². The lowest BCUT2D eigenvalue weighted by atomic mass is 9.92. The molecule has 3 N–H and O–H groups in total. The van der Waals surface area contributed by atoms with Gasteiger partial charge in [0, 0.05) is 20.1 Å². The Kier molecular flexibility index (Phi) is 3.88. The molecule has 0 aliphatic carbocycles. The van der Waals surface area contributed by atoms with Crippen LogP contribution in [0.15, 0.2) is 0 Å². The SMILES string of the molecule is CNS(=O)(=O)N1CC(C)CC(CN)C1. The van der Waals surface area contributed by atoms with Gasteiger partial charge in [-0.15, -0.1) is 0 Å². The van der Waals surface area contributed by atoms with Crippen molar-refractivity contribution in [3.63, 3.8) is 0 Å². The summed E-state index contributed by atoms with van der Waals surface area (Å²) in [6.07, 6.45) is 1.02. The van der Waals surface area contributed by atoms with Crippen molar-refractivity contribution in [3.05, 3.63) is 0 Å². The molecule has 0 saturated carbocycles. The minimum atomic E-state index is -3.27. The molecule has 2 atom stereocenters. The predicted octanol–water partition coefficient (Wildman–Crippen LogP) is -0.633. The van der Waals surface area contributed by atoms with E-state index >= 15 is 0 Å². The molecule has 6 heteroatoms.